The van der Waals surface area contributed by atoms with Gasteiger partial charge in [0.15, 0.2) is 11.7 Å². The summed E-state index contributed by atoms with van der Waals surface area (Å²) in [6.07, 6.45) is 0. The van der Waals surface area contributed by atoms with Gasteiger partial charge in [-0.05, 0) is 51.1 Å². The first-order valence-electron chi connectivity index (χ1n) is 8.80. The van der Waals surface area contributed by atoms with E-state index in [0.29, 0.717) is 5.75 Å². The van der Waals surface area contributed by atoms with Gasteiger partial charge in [0, 0.05) is 17.7 Å². The van der Waals surface area contributed by atoms with Crippen molar-refractivity contribution in [3.8, 4) is 5.75 Å². The fraction of sp³-hybridized carbons (Fsp3) is 0.0500. The van der Waals surface area contributed by atoms with Crippen LogP contribution in [0.2, 0.25) is 0 Å². The lowest BCUT2D eigenvalue weighted by atomic mass is 10.1. The Hall–Kier alpha value is -3.57. The molecule has 3 N–H and O–H groups in total. The summed E-state index contributed by atoms with van der Waals surface area (Å²) in [4.78, 5) is 34.3. The summed E-state index contributed by atoms with van der Waals surface area (Å²) in [5.74, 6) is -0.700. The van der Waals surface area contributed by atoms with E-state index in [9.17, 15) is 19.7 Å². The number of non-ortho nitro benzene ring substituents is 1. The van der Waals surface area contributed by atoms with Gasteiger partial charge in [-0.1, -0.05) is 36.4 Å². The van der Waals surface area contributed by atoms with Crippen molar-refractivity contribution in [2.24, 2.45) is 0 Å². The van der Waals surface area contributed by atoms with Gasteiger partial charge in [-0.15, -0.1) is 0 Å². The SMILES string of the molecule is O=C(COc1ccc2ccccc2c1Br)NNC(=S)NC(=O)c1cccc([N+](=O)[O-])c1. The van der Waals surface area contributed by atoms with Gasteiger partial charge in [0.25, 0.3) is 17.5 Å². The van der Waals surface area contributed by atoms with Crippen molar-refractivity contribution >= 4 is 61.5 Å². The molecule has 0 saturated heterocycles. The molecule has 158 valence electrons. The molecule has 0 aliphatic rings. The molecular weight excluding hydrogens is 488 g/mol. The first-order valence-corrected chi connectivity index (χ1v) is 10.00. The number of benzene rings is 3. The lowest BCUT2D eigenvalue weighted by Crippen LogP contribution is -2.49. The van der Waals surface area contributed by atoms with Crippen molar-refractivity contribution in [2.75, 3.05) is 6.61 Å². The number of fused-ring (bicyclic) bond motifs is 1. The Balaban J connectivity index is 1.49. The second-order valence-electron chi connectivity index (χ2n) is 6.15. The second kappa shape index (κ2) is 9.96. The van der Waals surface area contributed by atoms with Crippen molar-refractivity contribution in [2.45, 2.75) is 0 Å². The lowest BCUT2D eigenvalue weighted by Gasteiger charge is -2.12. The third-order valence-electron chi connectivity index (χ3n) is 4.05. The quantitative estimate of drug-likeness (QED) is 0.278. The maximum Gasteiger partial charge on any atom is 0.276 e. The molecule has 0 aromatic heterocycles. The lowest BCUT2D eigenvalue weighted by molar-refractivity contribution is -0.384. The fourth-order valence-corrected chi connectivity index (χ4v) is 3.35. The molecule has 31 heavy (non-hydrogen) atoms. The zero-order valence-electron chi connectivity index (χ0n) is 15.8. The van der Waals surface area contributed by atoms with Gasteiger partial charge in [-0.25, -0.2) is 0 Å². The smallest absolute Gasteiger partial charge is 0.276 e. The van der Waals surface area contributed by atoms with Crippen LogP contribution in [0.3, 0.4) is 0 Å². The van der Waals surface area contributed by atoms with Gasteiger partial charge >= 0.3 is 0 Å². The maximum absolute atomic E-state index is 12.1. The van der Waals surface area contributed by atoms with E-state index >= 15 is 0 Å². The number of hydrogen-bond donors (Lipinski definition) is 3. The Morgan fingerprint density at radius 3 is 2.61 bits per heavy atom. The highest BCUT2D eigenvalue weighted by atomic mass is 79.9. The molecule has 3 rings (SSSR count). The third-order valence-corrected chi connectivity index (χ3v) is 5.07. The molecule has 0 unspecified atom stereocenters. The van der Waals surface area contributed by atoms with Crippen LogP contribution in [0.15, 0.2) is 65.1 Å². The summed E-state index contributed by atoms with van der Waals surface area (Å²) < 4.78 is 6.26. The average Bonchev–Trinajstić information content (AvgIpc) is 2.77. The Kier molecular flexibility index (Phi) is 7.11. The van der Waals surface area contributed by atoms with Crippen molar-refractivity contribution in [1.82, 2.24) is 16.2 Å². The molecule has 0 aliphatic heterocycles. The average molecular weight is 503 g/mol. The van der Waals surface area contributed by atoms with Gasteiger partial charge in [-0.3, -0.25) is 35.9 Å². The molecule has 2 amide bonds. The predicted octanol–water partition coefficient (Wildman–Crippen LogP) is 3.23. The highest BCUT2D eigenvalue weighted by Gasteiger charge is 2.13. The highest BCUT2D eigenvalue weighted by molar-refractivity contribution is 9.10. The van der Waals surface area contributed by atoms with Crippen LogP contribution in [0.25, 0.3) is 10.8 Å². The van der Waals surface area contributed by atoms with Crippen LogP contribution in [0.1, 0.15) is 10.4 Å². The number of carbonyl (C=O) groups excluding carboxylic acids is 2. The van der Waals surface area contributed by atoms with E-state index in [1.807, 2.05) is 30.3 Å². The summed E-state index contributed by atoms with van der Waals surface area (Å²) in [6, 6.07) is 16.5. The van der Waals surface area contributed by atoms with E-state index in [4.69, 9.17) is 17.0 Å². The van der Waals surface area contributed by atoms with E-state index in [1.54, 1.807) is 6.07 Å². The van der Waals surface area contributed by atoms with E-state index in [2.05, 4.69) is 32.1 Å². The largest absolute Gasteiger partial charge is 0.483 e. The molecule has 0 bridgehead atoms. The standard InChI is InChI=1S/C20H15BrN4O5S/c21-18-15-7-2-1-4-12(15)8-9-16(18)30-11-17(26)23-24-20(31)22-19(27)13-5-3-6-14(10-13)25(28)29/h1-10H,11H2,(H,23,26)(H2,22,24,27,31). The zero-order valence-corrected chi connectivity index (χ0v) is 18.2. The third kappa shape index (κ3) is 5.74. The molecular formula is C20H15BrN4O5S. The van der Waals surface area contributed by atoms with Crippen LogP contribution in [0.4, 0.5) is 5.69 Å². The first-order chi connectivity index (χ1) is 14.8. The zero-order chi connectivity index (χ0) is 22.4. The molecule has 0 fully saturated rings. The van der Waals surface area contributed by atoms with Crippen molar-refractivity contribution in [1.29, 1.82) is 0 Å². The molecule has 3 aromatic rings. The van der Waals surface area contributed by atoms with Gasteiger partial charge in [-0.2, -0.15) is 0 Å². The van der Waals surface area contributed by atoms with Crippen molar-refractivity contribution < 1.29 is 19.2 Å². The normalized spacial score (nSPS) is 10.2. The van der Waals surface area contributed by atoms with E-state index in [0.717, 1.165) is 21.3 Å². The van der Waals surface area contributed by atoms with Crippen LogP contribution in [-0.2, 0) is 4.79 Å². The van der Waals surface area contributed by atoms with E-state index < -0.39 is 16.7 Å². The summed E-state index contributed by atoms with van der Waals surface area (Å²) >= 11 is 8.42. The molecule has 9 nitrogen and oxygen atoms in total. The first kappa shape index (κ1) is 22.1. The number of nitro groups is 1. The number of hydrazine groups is 1. The Bertz CT molecular complexity index is 1190. The van der Waals surface area contributed by atoms with Crippen LogP contribution in [0.5, 0.6) is 5.75 Å². The summed E-state index contributed by atoms with van der Waals surface area (Å²) in [5, 5.41) is 14.9. The topological polar surface area (TPSA) is 123 Å². The van der Waals surface area contributed by atoms with Crippen LogP contribution >= 0.6 is 28.1 Å². The minimum absolute atomic E-state index is 0.0502. The molecule has 3 aromatic carbocycles. The molecule has 11 heteroatoms. The number of carbonyl (C=O) groups is 2. The molecule has 0 heterocycles. The minimum atomic E-state index is -0.660. The van der Waals surface area contributed by atoms with Crippen molar-refractivity contribution in [3.05, 3.63) is 80.8 Å². The van der Waals surface area contributed by atoms with Crippen molar-refractivity contribution in [3.63, 3.8) is 0 Å². The van der Waals surface area contributed by atoms with Gasteiger partial charge in [0.05, 0.1) is 9.40 Å². The van der Waals surface area contributed by atoms with Crippen LogP contribution in [-0.4, -0.2) is 28.5 Å². The second-order valence-corrected chi connectivity index (χ2v) is 7.35. The number of nitrogens with zero attached hydrogens (tertiary/aromatic N) is 1. The number of hydrogen-bond acceptors (Lipinski definition) is 6. The number of rotatable bonds is 5. The van der Waals surface area contributed by atoms with E-state index in [-0.39, 0.29) is 23.0 Å². The van der Waals surface area contributed by atoms with Gasteiger partial charge in [0.1, 0.15) is 5.75 Å². The Morgan fingerprint density at radius 1 is 1.06 bits per heavy atom. The molecule has 0 saturated carbocycles. The van der Waals surface area contributed by atoms with Crippen LogP contribution < -0.4 is 20.9 Å². The Morgan fingerprint density at radius 2 is 1.84 bits per heavy atom. The number of thiocarbonyl (C=S) groups is 1. The molecule has 0 atom stereocenters. The Labute approximate surface area is 190 Å². The van der Waals surface area contributed by atoms with Gasteiger partial charge < -0.3 is 4.74 Å². The summed E-state index contributed by atoms with van der Waals surface area (Å²) in [5.41, 5.74) is 4.50. The molecule has 0 radical (unpaired) electrons. The number of amides is 2. The monoisotopic (exact) mass is 502 g/mol. The molecule has 0 aliphatic carbocycles. The summed E-state index contributed by atoms with van der Waals surface area (Å²) in [6.45, 7) is -0.300. The number of ether oxygens (including phenoxy) is 1. The number of nitrogens with one attached hydrogen (secondary N) is 3. The van der Waals surface area contributed by atoms with E-state index in [1.165, 1.54) is 18.2 Å². The predicted molar refractivity (Wildman–Crippen MR) is 122 cm³/mol. The maximum atomic E-state index is 12.1. The minimum Gasteiger partial charge on any atom is -0.483 e. The fourth-order valence-electron chi connectivity index (χ4n) is 2.60. The number of halogens is 1. The van der Waals surface area contributed by atoms with Gasteiger partial charge in [0.2, 0.25) is 0 Å². The number of nitro benzene ring substituents is 1. The molecule has 0 spiro atoms. The van der Waals surface area contributed by atoms with Crippen LogP contribution in [0, 0.1) is 10.1 Å². The highest BCUT2D eigenvalue weighted by Crippen LogP contribution is 2.32. The summed E-state index contributed by atoms with van der Waals surface area (Å²) in [7, 11) is 0.